The van der Waals surface area contributed by atoms with Crippen LogP contribution in [0.3, 0.4) is 0 Å². The Bertz CT molecular complexity index is 1290. The molecule has 0 N–H and O–H groups in total. The van der Waals surface area contributed by atoms with Gasteiger partial charge in [0.25, 0.3) is 5.60 Å². The predicted octanol–water partition coefficient (Wildman–Crippen LogP) is 7.50. The second-order valence-corrected chi connectivity index (χ2v) is 12.8. The standard InChI is InChI=1S/C32H34F3O4P/c1-24(23-40(37,27-19-11-5-12-20-27)28-21-13-6-14-22-28)29(25-15-7-3-8-16-25)39-30(36)31(38-2,32(33,34)35)26-17-9-4-10-18-26/h4-6,9-14,17-23,25,29H,3,7-8,15-16H2,1-2H3/b24-23+/t29-,31?/m0/s1. The van der Waals surface area contributed by atoms with E-state index < -0.39 is 31.0 Å². The molecule has 0 bridgehead atoms. The number of carbonyl (C=O) groups is 1. The molecule has 2 atom stereocenters. The maximum atomic E-state index is 14.7. The van der Waals surface area contributed by atoms with E-state index in [1.54, 1.807) is 67.3 Å². The van der Waals surface area contributed by atoms with Gasteiger partial charge in [-0.3, -0.25) is 0 Å². The van der Waals surface area contributed by atoms with Gasteiger partial charge in [0.1, 0.15) is 6.10 Å². The smallest absolute Gasteiger partial charge is 0.432 e. The van der Waals surface area contributed by atoms with Crippen molar-refractivity contribution in [3.8, 4) is 0 Å². The first-order valence-electron chi connectivity index (χ1n) is 13.4. The molecule has 40 heavy (non-hydrogen) atoms. The zero-order valence-electron chi connectivity index (χ0n) is 22.6. The number of esters is 1. The summed E-state index contributed by atoms with van der Waals surface area (Å²) in [7, 11) is -2.51. The number of ether oxygens (including phenoxy) is 2. The first-order chi connectivity index (χ1) is 19.1. The molecular weight excluding hydrogens is 536 g/mol. The first-order valence-corrected chi connectivity index (χ1v) is 15.2. The van der Waals surface area contributed by atoms with Crippen LogP contribution in [0.25, 0.3) is 0 Å². The Labute approximate surface area is 233 Å². The van der Waals surface area contributed by atoms with E-state index in [1.807, 2.05) is 12.1 Å². The van der Waals surface area contributed by atoms with E-state index in [-0.39, 0.29) is 11.5 Å². The van der Waals surface area contributed by atoms with Crippen LogP contribution in [-0.4, -0.2) is 25.4 Å². The van der Waals surface area contributed by atoms with Crippen molar-refractivity contribution in [3.05, 3.63) is 108 Å². The lowest BCUT2D eigenvalue weighted by atomic mass is 9.83. The molecule has 1 saturated carbocycles. The van der Waals surface area contributed by atoms with E-state index in [9.17, 15) is 22.5 Å². The zero-order chi connectivity index (χ0) is 28.8. The quantitative estimate of drug-likeness (QED) is 0.198. The summed E-state index contributed by atoms with van der Waals surface area (Å²) < 4.78 is 69.4. The Kier molecular flexibility index (Phi) is 9.37. The normalized spacial score (nSPS) is 17.6. The monoisotopic (exact) mass is 570 g/mol. The van der Waals surface area contributed by atoms with Crippen LogP contribution in [0.5, 0.6) is 0 Å². The summed E-state index contributed by atoms with van der Waals surface area (Å²) in [4.78, 5) is 13.6. The number of methoxy groups -OCH3 is 1. The van der Waals surface area contributed by atoms with Crippen LogP contribution in [0, 0.1) is 5.92 Å². The molecule has 4 rings (SSSR count). The number of rotatable bonds is 9. The van der Waals surface area contributed by atoms with Crippen molar-refractivity contribution in [3.63, 3.8) is 0 Å². The van der Waals surface area contributed by atoms with Gasteiger partial charge in [0.2, 0.25) is 0 Å². The highest BCUT2D eigenvalue weighted by molar-refractivity contribution is 7.81. The highest BCUT2D eigenvalue weighted by Gasteiger charge is 2.64. The van der Waals surface area contributed by atoms with Gasteiger partial charge in [-0.1, -0.05) is 110 Å². The van der Waals surface area contributed by atoms with Gasteiger partial charge >= 0.3 is 12.1 Å². The fraction of sp³-hybridized carbons (Fsp3) is 0.344. The number of hydrogen-bond donors (Lipinski definition) is 0. The first kappa shape index (κ1) is 29.8. The Hall–Kier alpha value is -3.15. The number of hydrogen-bond acceptors (Lipinski definition) is 4. The summed E-state index contributed by atoms with van der Waals surface area (Å²) in [6.07, 6.45) is -1.99. The molecule has 0 aliphatic heterocycles. The molecular formula is C32H34F3O4P. The molecule has 8 heteroatoms. The fourth-order valence-corrected chi connectivity index (χ4v) is 8.09. The van der Waals surface area contributed by atoms with Crippen LogP contribution < -0.4 is 10.6 Å². The van der Waals surface area contributed by atoms with Crippen molar-refractivity contribution in [1.29, 1.82) is 0 Å². The summed E-state index contributed by atoms with van der Waals surface area (Å²) in [6.45, 7) is 1.69. The van der Waals surface area contributed by atoms with E-state index in [0.717, 1.165) is 26.4 Å². The third-order valence-electron chi connectivity index (χ3n) is 7.60. The van der Waals surface area contributed by atoms with Gasteiger partial charge in [0.05, 0.1) is 0 Å². The van der Waals surface area contributed by atoms with Crippen LogP contribution >= 0.6 is 7.14 Å². The molecule has 0 amide bonds. The molecule has 3 aromatic rings. The minimum Gasteiger partial charge on any atom is -0.455 e. The molecule has 1 aliphatic rings. The molecule has 3 aromatic carbocycles. The molecule has 0 aromatic heterocycles. The van der Waals surface area contributed by atoms with Crippen LogP contribution in [-0.2, 0) is 24.4 Å². The van der Waals surface area contributed by atoms with E-state index >= 15 is 0 Å². The zero-order valence-corrected chi connectivity index (χ0v) is 23.5. The summed E-state index contributed by atoms with van der Waals surface area (Å²) in [6, 6.07) is 24.7. The number of benzene rings is 3. The second kappa shape index (κ2) is 12.6. The Morgan fingerprint density at radius 1 is 0.850 bits per heavy atom. The number of carbonyl (C=O) groups excluding carboxylic acids is 1. The molecule has 1 unspecified atom stereocenters. The summed E-state index contributed by atoms with van der Waals surface area (Å²) in [5, 5.41) is 1.17. The van der Waals surface area contributed by atoms with Gasteiger partial charge in [0.15, 0.2) is 7.14 Å². The van der Waals surface area contributed by atoms with E-state index in [1.165, 1.54) is 24.3 Å². The maximum absolute atomic E-state index is 14.7. The number of halogens is 3. The summed E-state index contributed by atoms with van der Waals surface area (Å²) in [5.41, 5.74) is -3.21. The summed E-state index contributed by atoms with van der Waals surface area (Å²) >= 11 is 0. The van der Waals surface area contributed by atoms with E-state index in [2.05, 4.69) is 0 Å². The van der Waals surface area contributed by atoms with Gasteiger partial charge in [-0.15, -0.1) is 0 Å². The Morgan fingerprint density at radius 3 is 1.77 bits per heavy atom. The Morgan fingerprint density at radius 2 is 1.32 bits per heavy atom. The van der Waals surface area contributed by atoms with Crippen molar-refractivity contribution in [2.75, 3.05) is 7.11 Å². The van der Waals surface area contributed by atoms with Gasteiger partial charge in [-0.05, 0) is 37.1 Å². The third kappa shape index (κ3) is 5.96. The molecule has 0 radical (unpaired) electrons. The topological polar surface area (TPSA) is 52.6 Å². The molecule has 1 aliphatic carbocycles. The SMILES string of the molecule is COC(C(=O)O[C@@H](/C(C)=C/P(=O)(c1ccccc1)c1ccccc1)C1CCCCC1)(c1ccccc1)C(F)(F)F. The highest BCUT2D eigenvalue weighted by atomic mass is 31.2. The number of alkyl halides is 3. The molecule has 0 saturated heterocycles. The fourth-order valence-electron chi connectivity index (χ4n) is 5.54. The van der Waals surface area contributed by atoms with Gasteiger partial charge in [-0.2, -0.15) is 13.2 Å². The van der Waals surface area contributed by atoms with Crippen molar-refractivity contribution in [1.82, 2.24) is 0 Å². The summed E-state index contributed by atoms with van der Waals surface area (Å²) in [5.74, 6) is -0.145. The van der Waals surface area contributed by atoms with Gasteiger partial charge in [0, 0.05) is 23.3 Å². The van der Waals surface area contributed by atoms with E-state index in [4.69, 9.17) is 9.47 Å². The molecule has 0 heterocycles. The minimum absolute atomic E-state index is 0.215. The molecule has 0 spiro atoms. The van der Waals surface area contributed by atoms with Gasteiger partial charge in [-0.25, -0.2) is 4.79 Å². The van der Waals surface area contributed by atoms with Crippen LogP contribution in [0.4, 0.5) is 13.2 Å². The average Bonchev–Trinajstić information content (AvgIpc) is 2.97. The molecule has 1 fully saturated rings. The van der Waals surface area contributed by atoms with Crippen LogP contribution in [0.2, 0.25) is 0 Å². The van der Waals surface area contributed by atoms with Crippen LogP contribution in [0.1, 0.15) is 44.6 Å². The third-order valence-corrected chi connectivity index (χ3v) is 10.5. The van der Waals surface area contributed by atoms with Crippen molar-refractivity contribution >= 4 is 23.7 Å². The highest BCUT2D eigenvalue weighted by Crippen LogP contribution is 2.48. The van der Waals surface area contributed by atoms with Gasteiger partial charge < -0.3 is 14.0 Å². The predicted molar refractivity (Wildman–Crippen MR) is 151 cm³/mol. The minimum atomic E-state index is -5.09. The molecule has 212 valence electrons. The Balaban J connectivity index is 1.81. The second-order valence-electron chi connectivity index (χ2n) is 10.2. The van der Waals surface area contributed by atoms with Crippen molar-refractivity contribution in [2.45, 2.75) is 56.9 Å². The average molecular weight is 571 g/mol. The lowest BCUT2D eigenvalue weighted by molar-refractivity contribution is -0.278. The van der Waals surface area contributed by atoms with Crippen molar-refractivity contribution in [2.24, 2.45) is 5.92 Å². The largest absolute Gasteiger partial charge is 0.455 e. The van der Waals surface area contributed by atoms with Crippen LogP contribution in [0.15, 0.2) is 102 Å². The van der Waals surface area contributed by atoms with E-state index in [0.29, 0.717) is 29.0 Å². The lowest BCUT2D eigenvalue weighted by Gasteiger charge is -2.37. The van der Waals surface area contributed by atoms with Crippen molar-refractivity contribution < 1.29 is 32.0 Å². The lowest BCUT2D eigenvalue weighted by Crippen LogP contribution is -2.53. The molecule has 4 nitrogen and oxygen atoms in total. The maximum Gasteiger partial charge on any atom is 0.432 e.